The molecule has 0 fully saturated rings. The van der Waals surface area contributed by atoms with E-state index in [-0.39, 0.29) is 6.61 Å². The Morgan fingerprint density at radius 1 is 1.10 bits per heavy atom. The molecule has 0 unspecified atom stereocenters. The zero-order valence-corrected chi connectivity index (χ0v) is 12.2. The Hall–Kier alpha value is -1.50. The average molecular weight is 276 g/mol. The fourth-order valence-electron chi connectivity index (χ4n) is 1.76. The van der Waals surface area contributed by atoms with Crippen molar-refractivity contribution >= 4 is 0 Å². The maximum Gasteiger partial charge on any atom is 0.120 e. The molecule has 0 amide bonds. The van der Waals surface area contributed by atoms with Gasteiger partial charge in [0.15, 0.2) is 0 Å². The second-order valence-corrected chi connectivity index (χ2v) is 4.51. The Morgan fingerprint density at radius 3 is 2.80 bits per heavy atom. The van der Waals surface area contributed by atoms with Crippen LogP contribution in [0.15, 0.2) is 24.3 Å². The zero-order valence-electron chi connectivity index (χ0n) is 12.2. The molecule has 3 heteroatoms. The van der Waals surface area contributed by atoms with Gasteiger partial charge in [-0.3, -0.25) is 0 Å². The van der Waals surface area contributed by atoms with Crippen LogP contribution in [-0.4, -0.2) is 31.5 Å². The highest BCUT2D eigenvalue weighted by Crippen LogP contribution is 2.12. The van der Waals surface area contributed by atoms with Gasteiger partial charge in [-0.1, -0.05) is 44.1 Å². The van der Waals surface area contributed by atoms with Gasteiger partial charge in [0, 0.05) is 12.2 Å². The van der Waals surface area contributed by atoms with Crippen molar-refractivity contribution in [1.29, 1.82) is 0 Å². The summed E-state index contributed by atoms with van der Waals surface area (Å²) in [6, 6.07) is 7.54. The number of aliphatic hydroxyl groups excluding tert-OH is 1. The fraction of sp³-hybridized carbons (Fsp3) is 0.529. The van der Waals surface area contributed by atoms with Crippen LogP contribution in [0.5, 0.6) is 5.75 Å². The van der Waals surface area contributed by atoms with E-state index < -0.39 is 0 Å². The molecule has 1 N–H and O–H groups in total. The van der Waals surface area contributed by atoms with Crippen LogP contribution in [0.3, 0.4) is 0 Å². The van der Waals surface area contributed by atoms with Crippen molar-refractivity contribution in [3.8, 4) is 17.6 Å². The average Bonchev–Trinajstić information content (AvgIpc) is 2.48. The molecule has 110 valence electrons. The summed E-state index contributed by atoms with van der Waals surface area (Å²) in [5.41, 5.74) is 0.844. The lowest BCUT2D eigenvalue weighted by atomic mass is 10.2. The summed E-state index contributed by atoms with van der Waals surface area (Å²) in [6.45, 7) is 4.04. The molecule has 0 aromatic heterocycles. The van der Waals surface area contributed by atoms with Crippen molar-refractivity contribution in [2.24, 2.45) is 0 Å². The highest BCUT2D eigenvalue weighted by atomic mass is 16.5. The van der Waals surface area contributed by atoms with Gasteiger partial charge in [0.05, 0.1) is 6.61 Å². The highest BCUT2D eigenvalue weighted by Gasteiger charge is 1.95. The summed E-state index contributed by atoms with van der Waals surface area (Å²) >= 11 is 0. The molecule has 1 aromatic carbocycles. The van der Waals surface area contributed by atoms with Crippen LogP contribution in [-0.2, 0) is 4.74 Å². The van der Waals surface area contributed by atoms with Gasteiger partial charge in [0.1, 0.15) is 19.0 Å². The van der Waals surface area contributed by atoms with E-state index in [2.05, 4.69) is 18.8 Å². The molecule has 20 heavy (non-hydrogen) atoms. The highest BCUT2D eigenvalue weighted by molar-refractivity contribution is 5.39. The van der Waals surface area contributed by atoms with Gasteiger partial charge in [0.2, 0.25) is 0 Å². The monoisotopic (exact) mass is 276 g/mol. The maximum atomic E-state index is 8.65. The molecule has 0 saturated heterocycles. The van der Waals surface area contributed by atoms with Crippen LogP contribution >= 0.6 is 0 Å². The molecule has 0 aliphatic carbocycles. The SMILES string of the molecule is CCCCCCOCCOc1cccc(C#CCO)c1. The molecule has 0 aliphatic rings. The maximum absolute atomic E-state index is 8.65. The van der Waals surface area contributed by atoms with Crippen LogP contribution in [0.4, 0.5) is 0 Å². The van der Waals surface area contributed by atoms with Crippen molar-refractivity contribution in [3.63, 3.8) is 0 Å². The Bertz CT molecular complexity index is 418. The minimum Gasteiger partial charge on any atom is -0.491 e. The van der Waals surface area contributed by atoms with E-state index >= 15 is 0 Å². The fourth-order valence-corrected chi connectivity index (χ4v) is 1.76. The molecule has 3 nitrogen and oxygen atoms in total. The molecule has 0 spiro atoms. The summed E-state index contributed by atoms with van der Waals surface area (Å²) in [5.74, 6) is 6.25. The lowest BCUT2D eigenvalue weighted by Crippen LogP contribution is -2.07. The van der Waals surface area contributed by atoms with Crippen molar-refractivity contribution in [3.05, 3.63) is 29.8 Å². The summed E-state index contributed by atoms with van der Waals surface area (Å²) < 4.78 is 11.1. The Balaban J connectivity index is 2.15. The number of ether oxygens (including phenoxy) is 2. The van der Waals surface area contributed by atoms with E-state index in [1.54, 1.807) is 0 Å². The smallest absolute Gasteiger partial charge is 0.120 e. The van der Waals surface area contributed by atoms with Gasteiger partial charge in [-0.2, -0.15) is 0 Å². The van der Waals surface area contributed by atoms with E-state index in [1.807, 2.05) is 24.3 Å². The summed E-state index contributed by atoms with van der Waals surface area (Å²) in [6.07, 6.45) is 4.89. The van der Waals surface area contributed by atoms with Crippen LogP contribution < -0.4 is 4.74 Å². The molecule has 0 radical (unpaired) electrons. The first-order chi connectivity index (χ1) is 9.86. The molecule has 1 rings (SSSR count). The molecule has 0 heterocycles. The van der Waals surface area contributed by atoms with E-state index in [4.69, 9.17) is 14.6 Å². The largest absolute Gasteiger partial charge is 0.491 e. The van der Waals surface area contributed by atoms with E-state index in [1.165, 1.54) is 19.3 Å². The zero-order chi connectivity index (χ0) is 14.5. The third-order valence-corrected chi connectivity index (χ3v) is 2.78. The third kappa shape index (κ3) is 7.83. The number of aliphatic hydroxyl groups is 1. The predicted octanol–water partition coefficient (Wildman–Crippen LogP) is 3.01. The molecule has 0 aliphatic heterocycles. The number of hydrogen-bond donors (Lipinski definition) is 1. The first kappa shape index (κ1) is 16.6. The Morgan fingerprint density at radius 2 is 2.00 bits per heavy atom. The van der Waals surface area contributed by atoms with Gasteiger partial charge >= 0.3 is 0 Å². The second-order valence-electron chi connectivity index (χ2n) is 4.51. The van der Waals surface area contributed by atoms with Gasteiger partial charge in [0.25, 0.3) is 0 Å². The molecule has 1 aromatic rings. The van der Waals surface area contributed by atoms with E-state index in [0.29, 0.717) is 13.2 Å². The van der Waals surface area contributed by atoms with Crippen molar-refractivity contribution < 1.29 is 14.6 Å². The van der Waals surface area contributed by atoms with Crippen LogP contribution in [0.2, 0.25) is 0 Å². The second kappa shape index (κ2) is 11.3. The lowest BCUT2D eigenvalue weighted by Gasteiger charge is -2.07. The number of unbranched alkanes of at least 4 members (excludes halogenated alkanes) is 3. The van der Waals surface area contributed by atoms with E-state index in [0.717, 1.165) is 24.3 Å². The van der Waals surface area contributed by atoms with Gasteiger partial charge in [-0.25, -0.2) is 0 Å². The van der Waals surface area contributed by atoms with Crippen molar-refractivity contribution in [1.82, 2.24) is 0 Å². The summed E-state index contributed by atoms with van der Waals surface area (Å²) in [5, 5.41) is 8.65. The van der Waals surface area contributed by atoms with Gasteiger partial charge < -0.3 is 14.6 Å². The number of rotatable bonds is 9. The van der Waals surface area contributed by atoms with Crippen LogP contribution in [0.25, 0.3) is 0 Å². The standard InChI is InChI=1S/C17H24O3/c1-2-3-4-5-12-19-13-14-20-17-10-6-8-16(15-17)9-7-11-18/h6,8,10,15,18H,2-5,11-14H2,1H3. The lowest BCUT2D eigenvalue weighted by molar-refractivity contribution is 0.0971. The Kier molecular flexibility index (Phi) is 9.38. The van der Waals surface area contributed by atoms with Crippen LogP contribution in [0.1, 0.15) is 38.2 Å². The summed E-state index contributed by atoms with van der Waals surface area (Å²) in [7, 11) is 0. The number of hydrogen-bond acceptors (Lipinski definition) is 3. The van der Waals surface area contributed by atoms with Crippen LogP contribution in [0, 0.1) is 11.8 Å². The quantitative estimate of drug-likeness (QED) is 0.556. The minimum absolute atomic E-state index is 0.128. The van der Waals surface area contributed by atoms with Gasteiger partial charge in [-0.05, 0) is 24.6 Å². The minimum atomic E-state index is -0.128. The molecule has 0 bridgehead atoms. The van der Waals surface area contributed by atoms with E-state index in [9.17, 15) is 0 Å². The normalized spacial score (nSPS) is 9.90. The Labute approximate surface area is 121 Å². The van der Waals surface area contributed by atoms with Crippen molar-refractivity contribution in [2.75, 3.05) is 26.4 Å². The molecule has 0 saturated carbocycles. The topological polar surface area (TPSA) is 38.7 Å². The van der Waals surface area contributed by atoms with Gasteiger partial charge in [-0.15, -0.1) is 0 Å². The predicted molar refractivity (Wildman–Crippen MR) is 80.9 cm³/mol. The third-order valence-electron chi connectivity index (χ3n) is 2.78. The summed E-state index contributed by atoms with van der Waals surface area (Å²) in [4.78, 5) is 0. The first-order valence-electron chi connectivity index (χ1n) is 7.27. The van der Waals surface area contributed by atoms with Crippen molar-refractivity contribution in [2.45, 2.75) is 32.6 Å². The molecular weight excluding hydrogens is 252 g/mol. The number of benzene rings is 1. The first-order valence-corrected chi connectivity index (χ1v) is 7.27. The molecule has 0 atom stereocenters. The molecular formula is C17H24O3.